The van der Waals surface area contributed by atoms with Crippen LogP contribution in [0, 0.1) is 6.92 Å². The van der Waals surface area contributed by atoms with Crippen molar-refractivity contribution in [2.45, 2.75) is 44.6 Å². The molecule has 2 aliphatic heterocycles. The van der Waals surface area contributed by atoms with Gasteiger partial charge in [0.05, 0.1) is 30.3 Å². The first kappa shape index (κ1) is 29.2. The number of aliphatic imine (C=N–C) groups is 1. The van der Waals surface area contributed by atoms with Crippen LogP contribution in [-0.2, 0) is 25.7 Å². The number of aryl methyl sites for hydroxylation is 1. The Balaban J connectivity index is 1.40. The van der Waals surface area contributed by atoms with Crippen LogP contribution in [0.25, 0.3) is 22.0 Å². The van der Waals surface area contributed by atoms with Crippen LogP contribution in [0.1, 0.15) is 29.7 Å². The molecule has 1 fully saturated rings. The highest BCUT2D eigenvalue weighted by molar-refractivity contribution is 9.18. The molecule has 2 aromatic heterocycles. The van der Waals surface area contributed by atoms with Gasteiger partial charge < -0.3 is 15.0 Å². The monoisotopic (exact) mass is 639 g/mol. The van der Waals surface area contributed by atoms with Gasteiger partial charge in [-0.25, -0.2) is 19.2 Å². The van der Waals surface area contributed by atoms with Crippen molar-refractivity contribution in [2.75, 3.05) is 20.2 Å². The second-order valence-corrected chi connectivity index (χ2v) is 10.9. The van der Waals surface area contributed by atoms with E-state index >= 15 is 0 Å². The lowest BCUT2D eigenvalue weighted by Gasteiger charge is -2.32. The molecule has 4 heterocycles. The SMILES string of the molecule is COC(=O)C1(NC(=O)[C@@H]2C[C@@H](F)CN2C(=O)Cn2nc(C(C)=O)c3cc(-c4cnc(C)nc4)ccc32)C=CC(Br)=NC1. The van der Waals surface area contributed by atoms with Crippen molar-refractivity contribution in [1.29, 1.82) is 0 Å². The number of ketones is 1. The van der Waals surface area contributed by atoms with E-state index < -0.39 is 35.5 Å². The largest absolute Gasteiger partial charge is 0.467 e. The number of aromatic nitrogens is 4. The smallest absolute Gasteiger partial charge is 0.337 e. The Morgan fingerprint density at radius 1 is 1.19 bits per heavy atom. The number of carbonyl (C=O) groups is 4. The third-order valence-electron chi connectivity index (χ3n) is 7.24. The average Bonchev–Trinajstić information content (AvgIpc) is 3.54. The molecule has 1 saturated heterocycles. The highest BCUT2D eigenvalue weighted by Crippen LogP contribution is 2.28. The molecule has 2 aliphatic rings. The number of nitrogens with zero attached hydrogens (tertiary/aromatic N) is 6. The molecular formula is C28H27BrFN7O5. The summed E-state index contributed by atoms with van der Waals surface area (Å²) in [6, 6.07) is 4.14. The number of likely N-dealkylation sites (tertiary alicyclic amines) is 1. The molecule has 1 unspecified atom stereocenters. The van der Waals surface area contributed by atoms with Gasteiger partial charge in [-0.3, -0.25) is 24.1 Å². The van der Waals surface area contributed by atoms with Crippen molar-refractivity contribution in [3.8, 4) is 11.1 Å². The summed E-state index contributed by atoms with van der Waals surface area (Å²) >= 11 is 3.22. The van der Waals surface area contributed by atoms with E-state index in [4.69, 9.17) is 4.74 Å². The Labute approximate surface area is 248 Å². The van der Waals surface area contributed by atoms with Gasteiger partial charge in [-0.15, -0.1) is 0 Å². The van der Waals surface area contributed by atoms with E-state index in [2.05, 4.69) is 41.3 Å². The van der Waals surface area contributed by atoms with Crippen LogP contribution in [0.2, 0.25) is 0 Å². The molecule has 2 amide bonds. The van der Waals surface area contributed by atoms with Crippen molar-refractivity contribution in [2.24, 2.45) is 4.99 Å². The molecule has 0 aliphatic carbocycles. The fraction of sp³-hybridized carbons (Fsp3) is 0.357. The zero-order valence-electron chi connectivity index (χ0n) is 23.0. The molecule has 0 saturated carbocycles. The summed E-state index contributed by atoms with van der Waals surface area (Å²) in [6.07, 6.45) is 4.60. The predicted molar refractivity (Wildman–Crippen MR) is 154 cm³/mol. The van der Waals surface area contributed by atoms with E-state index in [0.29, 0.717) is 21.3 Å². The van der Waals surface area contributed by atoms with Crippen LogP contribution in [0.5, 0.6) is 0 Å². The Hall–Kier alpha value is -4.33. The van der Waals surface area contributed by atoms with E-state index in [1.165, 1.54) is 30.9 Å². The maximum atomic E-state index is 14.6. The lowest BCUT2D eigenvalue weighted by molar-refractivity contribution is -0.149. The molecule has 5 rings (SSSR count). The molecular weight excluding hydrogens is 613 g/mol. The molecule has 14 heteroatoms. The zero-order valence-corrected chi connectivity index (χ0v) is 24.6. The number of fused-ring (bicyclic) bond motifs is 1. The Kier molecular flexibility index (Phi) is 7.99. The van der Waals surface area contributed by atoms with Crippen LogP contribution < -0.4 is 5.32 Å². The molecule has 0 radical (unpaired) electrons. The van der Waals surface area contributed by atoms with Gasteiger partial charge in [0.15, 0.2) is 11.3 Å². The minimum Gasteiger partial charge on any atom is -0.467 e. The molecule has 218 valence electrons. The van der Waals surface area contributed by atoms with Gasteiger partial charge >= 0.3 is 5.97 Å². The fourth-order valence-electron chi connectivity index (χ4n) is 5.08. The molecule has 3 atom stereocenters. The van der Waals surface area contributed by atoms with E-state index in [1.54, 1.807) is 37.5 Å². The molecule has 12 nitrogen and oxygen atoms in total. The van der Waals surface area contributed by atoms with Gasteiger partial charge in [-0.2, -0.15) is 5.10 Å². The third kappa shape index (κ3) is 5.58. The van der Waals surface area contributed by atoms with Crippen molar-refractivity contribution < 1.29 is 28.3 Å². The number of Topliss-reactive ketones (excluding diaryl/α,β-unsaturated/α-hetero) is 1. The number of hydrogen-bond acceptors (Lipinski definition) is 9. The minimum absolute atomic E-state index is 0.133. The normalized spacial score (nSPS) is 21.7. The van der Waals surface area contributed by atoms with E-state index in [9.17, 15) is 23.6 Å². The minimum atomic E-state index is -1.60. The van der Waals surface area contributed by atoms with Gasteiger partial charge in [-0.05, 0) is 52.7 Å². The number of alkyl halides is 1. The molecule has 0 bridgehead atoms. The first-order valence-electron chi connectivity index (χ1n) is 13.0. The van der Waals surface area contributed by atoms with Gasteiger partial charge in [0.1, 0.15) is 30.3 Å². The van der Waals surface area contributed by atoms with Crippen LogP contribution >= 0.6 is 15.9 Å². The number of halogens is 2. The lowest BCUT2D eigenvalue weighted by atomic mass is 9.96. The number of methoxy groups -OCH3 is 1. The predicted octanol–water partition coefficient (Wildman–Crippen LogP) is 2.33. The summed E-state index contributed by atoms with van der Waals surface area (Å²) in [6.45, 7) is 2.37. The number of carbonyl (C=O) groups excluding carboxylic acids is 4. The molecule has 42 heavy (non-hydrogen) atoms. The molecule has 1 aromatic carbocycles. The second-order valence-electron chi connectivity index (χ2n) is 10.1. The lowest BCUT2D eigenvalue weighted by Crippen LogP contribution is -2.60. The summed E-state index contributed by atoms with van der Waals surface area (Å²) in [4.78, 5) is 65.7. The van der Waals surface area contributed by atoms with E-state index in [0.717, 1.165) is 16.0 Å². The standard InChI is InChI=1S/C28H27BrFN7O5/c1-15(38)25-20-8-17(18-10-31-16(2)32-11-18)4-5-21(20)37(35-25)13-24(39)36-12-19(30)9-22(36)26(40)34-28(27(41)42-3)7-6-23(29)33-14-28/h4-8,10-11,19,22H,9,12-14H2,1-3H3,(H,34,40)/t19-,22+,28?/m1/s1. The highest BCUT2D eigenvalue weighted by atomic mass is 79.9. The number of rotatable bonds is 7. The van der Waals surface area contributed by atoms with Crippen LogP contribution in [0.4, 0.5) is 4.39 Å². The summed E-state index contributed by atoms with van der Waals surface area (Å²) in [5.74, 6) is -1.71. The van der Waals surface area contributed by atoms with Crippen LogP contribution in [0.15, 0.2) is 47.7 Å². The fourth-order valence-corrected chi connectivity index (χ4v) is 5.33. The number of dihydropyridines is 1. The first-order chi connectivity index (χ1) is 20.0. The average molecular weight is 640 g/mol. The van der Waals surface area contributed by atoms with Gasteiger partial charge in [0, 0.05) is 36.7 Å². The number of nitrogens with one attached hydrogen (secondary N) is 1. The topological polar surface area (TPSA) is 149 Å². The van der Waals surface area contributed by atoms with Crippen LogP contribution in [-0.4, -0.2) is 90.8 Å². The Morgan fingerprint density at radius 2 is 1.93 bits per heavy atom. The van der Waals surface area contributed by atoms with Crippen molar-refractivity contribution in [3.05, 3.63) is 54.3 Å². The third-order valence-corrected chi connectivity index (χ3v) is 7.75. The summed E-state index contributed by atoms with van der Waals surface area (Å²) in [5, 5.41) is 7.54. The summed E-state index contributed by atoms with van der Waals surface area (Å²) < 4.78 is 21.4. The maximum absolute atomic E-state index is 14.6. The number of esters is 1. The number of ether oxygens (including phenoxy) is 1. The number of allylic oxidation sites excluding steroid dienone is 1. The maximum Gasteiger partial charge on any atom is 0.337 e. The summed E-state index contributed by atoms with van der Waals surface area (Å²) in [7, 11) is 1.18. The number of hydrogen-bond donors (Lipinski definition) is 1. The molecule has 0 spiro atoms. The molecule has 3 aromatic rings. The van der Waals surface area contributed by atoms with E-state index in [-0.39, 0.29) is 37.5 Å². The first-order valence-corrected chi connectivity index (χ1v) is 13.8. The number of amides is 2. The number of benzene rings is 1. The Bertz CT molecular complexity index is 1650. The second kappa shape index (κ2) is 11.5. The Morgan fingerprint density at radius 3 is 2.57 bits per heavy atom. The van der Waals surface area contributed by atoms with Crippen LogP contribution in [0.3, 0.4) is 0 Å². The van der Waals surface area contributed by atoms with Crippen molar-refractivity contribution in [3.63, 3.8) is 0 Å². The summed E-state index contributed by atoms with van der Waals surface area (Å²) in [5.41, 5.74) is 0.600. The molecule has 1 N–H and O–H groups in total. The van der Waals surface area contributed by atoms with E-state index in [1.807, 2.05) is 0 Å². The van der Waals surface area contributed by atoms with Gasteiger partial charge in [0.25, 0.3) is 0 Å². The zero-order chi connectivity index (χ0) is 30.2. The van der Waals surface area contributed by atoms with Crippen molar-refractivity contribution in [1.82, 2.24) is 30.0 Å². The van der Waals surface area contributed by atoms with Gasteiger partial charge in [-0.1, -0.05) is 6.07 Å². The quantitative estimate of drug-likeness (QED) is 0.306. The van der Waals surface area contributed by atoms with Gasteiger partial charge in [0.2, 0.25) is 11.8 Å². The van der Waals surface area contributed by atoms with Crippen molar-refractivity contribution >= 4 is 55.0 Å². The highest BCUT2D eigenvalue weighted by Gasteiger charge is 2.46.